The van der Waals surface area contributed by atoms with Crippen molar-refractivity contribution in [2.24, 2.45) is 0 Å². The normalized spacial score (nSPS) is 19.1. The monoisotopic (exact) mass is 346 g/mol. The largest absolute Gasteiger partial charge is 0.525 e. The molecule has 4 amide bonds. The second-order valence-electron chi connectivity index (χ2n) is 4.03. The summed E-state index contributed by atoms with van der Waals surface area (Å²) >= 11 is 0. The van der Waals surface area contributed by atoms with E-state index in [1.54, 1.807) is 0 Å². The van der Waals surface area contributed by atoms with Crippen LogP contribution in [0.3, 0.4) is 0 Å². The summed E-state index contributed by atoms with van der Waals surface area (Å²) in [5.74, 6) is -2.53. The number of nitrogens with one attached hydrogen (secondary N) is 1. The van der Waals surface area contributed by atoms with Gasteiger partial charge in [-0.3, -0.25) is 24.5 Å². The fourth-order valence-electron chi connectivity index (χ4n) is 1.29. The molecule has 0 saturated carbocycles. The summed E-state index contributed by atoms with van der Waals surface area (Å²) in [5, 5.41) is 1.75. The zero-order valence-corrected chi connectivity index (χ0v) is 11.5. The van der Waals surface area contributed by atoms with E-state index in [4.69, 9.17) is 0 Å². The van der Waals surface area contributed by atoms with Crippen molar-refractivity contribution in [1.29, 1.82) is 0 Å². The highest BCUT2D eigenvalue weighted by Crippen LogP contribution is 2.27. The van der Waals surface area contributed by atoms with Crippen LogP contribution in [0.5, 0.6) is 0 Å². The molecule has 0 bridgehead atoms. The zero-order valence-electron chi connectivity index (χ0n) is 10.7. The van der Waals surface area contributed by atoms with Crippen LogP contribution in [0.15, 0.2) is 0 Å². The first-order chi connectivity index (χ1) is 9.94. The van der Waals surface area contributed by atoms with Crippen LogP contribution in [-0.2, 0) is 33.6 Å². The number of hydrogen-bond donors (Lipinski definition) is 1. The van der Waals surface area contributed by atoms with Crippen LogP contribution in [0.2, 0.25) is 0 Å². The van der Waals surface area contributed by atoms with Gasteiger partial charge in [-0.1, -0.05) is 0 Å². The van der Waals surface area contributed by atoms with Gasteiger partial charge in [-0.05, 0) is 0 Å². The van der Waals surface area contributed by atoms with Crippen LogP contribution in [0, 0.1) is 0 Å². The summed E-state index contributed by atoms with van der Waals surface area (Å²) in [6, 6.07) is 0. The van der Waals surface area contributed by atoms with Crippen molar-refractivity contribution >= 4 is 33.7 Å². The highest BCUT2D eigenvalue weighted by atomic mass is 32.2. The highest BCUT2D eigenvalue weighted by Gasteiger charge is 2.51. The summed E-state index contributed by atoms with van der Waals surface area (Å²) < 4.78 is 59.5. The lowest BCUT2D eigenvalue weighted by atomic mass is 10.4. The van der Waals surface area contributed by atoms with E-state index in [0.717, 1.165) is 0 Å². The number of halogens is 3. The van der Waals surface area contributed by atoms with Gasteiger partial charge in [0.2, 0.25) is 11.8 Å². The van der Waals surface area contributed by atoms with Gasteiger partial charge in [0.1, 0.15) is 0 Å². The third-order valence-electron chi connectivity index (χ3n) is 2.32. The number of imide groups is 2. The molecule has 0 aromatic heterocycles. The van der Waals surface area contributed by atoms with Gasteiger partial charge in [-0.15, -0.1) is 9.35 Å². The number of alkyl halides is 3. The lowest BCUT2D eigenvalue weighted by Gasteiger charge is -2.13. The van der Waals surface area contributed by atoms with E-state index in [0.29, 0.717) is 12.8 Å². The summed E-state index contributed by atoms with van der Waals surface area (Å²) in [4.78, 5) is 41.7. The topological polar surface area (TPSA) is 127 Å². The molecule has 2 aliphatic heterocycles. The first-order valence-electron chi connectivity index (χ1n) is 5.63. The van der Waals surface area contributed by atoms with Crippen LogP contribution < -0.4 is 5.32 Å². The number of hydroxylamine groups is 2. The van der Waals surface area contributed by atoms with Crippen molar-refractivity contribution in [2.75, 3.05) is 0 Å². The quantitative estimate of drug-likeness (QED) is 0.519. The standard InChI is InChI=1S/C5H4F3NO5S.C4H5NO2/c6-5(7,8)15(12,13)14-9-3(10)1-2-4(9)11;6-3-1-2-4(7)5-3/h1-2H2;1-2H2,(H,5,6,7). The number of carbonyl (C=O) groups is 4. The second kappa shape index (κ2) is 6.39. The fraction of sp³-hybridized carbons (Fsp3) is 0.556. The van der Waals surface area contributed by atoms with Crippen molar-refractivity contribution in [3.63, 3.8) is 0 Å². The number of amides is 4. The second-order valence-corrected chi connectivity index (χ2v) is 5.55. The molecule has 22 heavy (non-hydrogen) atoms. The third-order valence-corrected chi connectivity index (χ3v) is 3.23. The molecule has 1 N–H and O–H groups in total. The highest BCUT2D eigenvalue weighted by molar-refractivity contribution is 7.87. The van der Waals surface area contributed by atoms with Crippen molar-refractivity contribution in [1.82, 2.24) is 10.4 Å². The molecule has 2 heterocycles. The minimum atomic E-state index is -5.96. The van der Waals surface area contributed by atoms with Crippen molar-refractivity contribution < 1.29 is 45.1 Å². The van der Waals surface area contributed by atoms with Gasteiger partial charge in [-0.25, -0.2) is 0 Å². The molecule has 0 aromatic rings. The molecule has 13 heteroatoms. The molecule has 2 rings (SSSR count). The molecule has 0 aromatic carbocycles. The summed E-state index contributed by atoms with van der Waals surface area (Å²) in [5.41, 5.74) is -5.67. The molecule has 2 aliphatic rings. The third kappa shape index (κ3) is 4.49. The molecule has 9 nitrogen and oxygen atoms in total. The van der Waals surface area contributed by atoms with Crippen LogP contribution >= 0.6 is 0 Å². The maximum absolute atomic E-state index is 11.8. The molecule has 0 unspecified atom stereocenters. The van der Waals surface area contributed by atoms with Crippen molar-refractivity contribution in [2.45, 2.75) is 31.2 Å². The van der Waals surface area contributed by atoms with Crippen LogP contribution in [0.25, 0.3) is 0 Å². The average Bonchev–Trinajstić information content (AvgIpc) is 2.88. The van der Waals surface area contributed by atoms with Gasteiger partial charge in [0.05, 0.1) is 0 Å². The Hall–Kier alpha value is -2.02. The van der Waals surface area contributed by atoms with Crippen LogP contribution in [0.4, 0.5) is 13.2 Å². The van der Waals surface area contributed by atoms with E-state index in [1.807, 2.05) is 0 Å². The number of rotatable bonds is 2. The summed E-state index contributed by atoms with van der Waals surface area (Å²) in [6.45, 7) is 0. The van der Waals surface area contributed by atoms with Gasteiger partial charge in [0, 0.05) is 25.7 Å². The van der Waals surface area contributed by atoms with E-state index in [1.165, 1.54) is 0 Å². The van der Waals surface area contributed by atoms with Crippen molar-refractivity contribution in [3.8, 4) is 0 Å². The van der Waals surface area contributed by atoms with E-state index >= 15 is 0 Å². The molecule has 2 fully saturated rings. The van der Waals surface area contributed by atoms with Gasteiger partial charge >= 0.3 is 15.6 Å². The molecule has 0 aliphatic carbocycles. The molecule has 124 valence electrons. The van der Waals surface area contributed by atoms with Crippen molar-refractivity contribution in [3.05, 3.63) is 0 Å². The van der Waals surface area contributed by atoms with E-state index in [2.05, 4.69) is 9.60 Å². The fourth-order valence-corrected chi connectivity index (χ4v) is 1.73. The van der Waals surface area contributed by atoms with Gasteiger partial charge in [0.25, 0.3) is 11.8 Å². The minimum absolute atomic E-state index is 0.148. The van der Waals surface area contributed by atoms with E-state index < -0.39 is 27.4 Å². The zero-order chi connectivity index (χ0) is 17.1. The lowest BCUT2D eigenvalue weighted by molar-refractivity contribution is -0.167. The van der Waals surface area contributed by atoms with Crippen LogP contribution in [-0.4, -0.2) is 42.6 Å². The summed E-state index contributed by atoms with van der Waals surface area (Å²) in [7, 11) is -5.96. The Kier molecular flexibility index (Phi) is 5.24. The van der Waals surface area contributed by atoms with E-state index in [-0.39, 0.29) is 29.7 Å². The maximum Gasteiger partial charge on any atom is 0.525 e. The smallest absolute Gasteiger partial charge is 0.296 e. The van der Waals surface area contributed by atoms with Gasteiger partial charge in [-0.2, -0.15) is 21.6 Å². The molecular weight excluding hydrogens is 337 g/mol. The SMILES string of the molecule is O=C1CCC(=O)N1.O=C1CCC(=O)N1OS(=O)(=O)C(F)(F)F. The maximum atomic E-state index is 11.8. The average molecular weight is 346 g/mol. The van der Waals surface area contributed by atoms with Gasteiger partial charge < -0.3 is 0 Å². The first-order valence-corrected chi connectivity index (χ1v) is 7.04. The molecule has 2 saturated heterocycles. The molecule has 0 spiro atoms. The first kappa shape index (κ1) is 18.0. The predicted molar refractivity (Wildman–Crippen MR) is 59.5 cm³/mol. The Morgan fingerprint density at radius 3 is 1.59 bits per heavy atom. The Morgan fingerprint density at radius 1 is 0.909 bits per heavy atom. The Balaban J connectivity index is 0.000000287. The Labute approximate surface area is 121 Å². The molecular formula is C9H9F3N2O7S. The van der Waals surface area contributed by atoms with Crippen LogP contribution in [0.1, 0.15) is 25.7 Å². The predicted octanol–water partition coefficient (Wildman–Crippen LogP) is -0.660. The Morgan fingerprint density at radius 2 is 1.32 bits per heavy atom. The lowest BCUT2D eigenvalue weighted by Crippen LogP contribution is -2.37. The number of carbonyl (C=O) groups excluding carboxylic acids is 4. The molecule has 0 atom stereocenters. The number of nitrogens with zero attached hydrogens (tertiary/aromatic N) is 1. The molecule has 0 radical (unpaired) electrons. The van der Waals surface area contributed by atoms with Gasteiger partial charge in [0.15, 0.2) is 0 Å². The Bertz CT molecular complexity index is 583. The number of hydrogen-bond acceptors (Lipinski definition) is 7. The van der Waals surface area contributed by atoms with E-state index in [9.17, 15) is 40.8 Å². The minimum Gasteiger partial charge on any atom is -0.296 e. The summed E-state index contributed by atoms with van der Waals surface area (Å²) in [6.07, 6.45) is 0.0100.